The van der Waals surface area contributed by atoms with Gasteiger partial charge in [0.15, 0.2) is 11.5 Å². The van der Waals surface area contributed by atoms with Crippen LogP contribution in [0.1, 0.15) is 23.6 Å². The molecule has 0 atom stereocenters. The summed E-state index contributed by atoms with van der Waals surface area (Å²) in [6.45, 7) is 2.90. The van der Waals surface area contributed by atoms with E-state index in [4.69, 9.17) is 21.1 Å². The zero-order valence-corrected chi connectivity index (χ0v) is 19.7. The lowest BCUT2D eigenvalue weighted by Gasteiger charge is -2.12. The van der Waals surface area contributed by atoms with Crippen LogP contribution in [0, 0.1) is 0 Å². The van der Waals surface area contributed by atoms with Crippen LogP contribution in [0.15, 0.2) is 89.4 Å². The monoisotopic (exact) mass is 478 g/mol. The molecule has 168 valence electrons. The van der Waals surface area contributed by atoms with Crippen molar-refractivity contribution in [2.24, 2.45) is 5.10 Å². The maximum atomic E-state index is 5.97. The number of halogens is 1. The Labute approximate surface area is 202 Å². The summed E-state index contributed by atoms with van der Waals surface area (Å²) in [7, 11) is 0. The van der Waals surface area contributed by atoms with Gasteiger partial charge in [-0.05, 0) is 53.9 Å². The summed E-state index contributed by atoms with van der Waals surface area (Å²) in [5, 5.41) is 14.1. The normalized spacial score (nSPS) is 11.1. The molecule has 4 rings (SSSR count). The molecular weight excluding hydrogens is 456 g/mol. The van der Waals surface area contributed by atoms with Crippen LogP contribution in [0.2, 0.25) is 5.02 Å². The van der Waals surface area contributed by atoms with Crippen LogP contribution in [0.25, 0.3) is 0 Å². The van der Waals surface area contributed by atoms with Gasteiger partial charge in [0.1, 0.15) is 12.9 Å². The third-order valence-corrected chi connectivity index (χ3v) is 5.87. The van der Waals surface area contributed by atoms with Crippen LogP contribution in [0.5, 0.6) is 11.5 Å². The first-order valence-electron chi connectivity index (χ1n) is 10.5. The van der Waals surface area contributed by atoms with Gasteiger partial charge in [0.25, 0.3) is 0 Å². The maximum absolute atomic E-state index is 5.97. The molecule has 0 aliphatic heterocycles. The molecule has 0 amide bonds. The standard InChI is InChI=1S/C25H23ClN4O2S/c1-2-31-24-14-21(10-13-23(24)32-16-19-8-11-22(26)12-9-19)15-28-30-18-27-29-25(30)33-17-20-6-4-3-5-7-20/h3-15,18H,2,16-17H2,1H3/b28-15+. The number of nitrogens with zero attached hydrogens (tertiary/aromatic N) is 4. The van der Waals surface area contributed by atoms with Crippen molar-refractivity contribution in [2.45, 2.75) is 24.4 Å². The molecular formula is C25H23ClN4O2S. The van der Waals surface area contributed by atoms with Gasteiger partial charge in [-0.2, -0.15) is 9.78 Å². The van der Waals surface area contributed by atoms with E-state index in [1.807, 2.05) is 67.6 Å². The van der Waals surface area contributed by atoms with Crippen molar-refractivity contribution in [1.82, 2.24) is 14.9 Å². The van der Waals surface area contributed by atoms with Crippen LogP contribution in [0.3, 0.4) is 0 Å². The highest BCUT2D eigenvalue weighted by Gasteiger charge is 2.08. The van der Waals surface area contributed by atoms with Gasteiger partial charge in [-0.3, -0.25) is 0 Å². The second kappa shape index (κ2) is 11.5. The van der Waals surface area contributed by atoms with Gasteiger partial charge in [0, 0.05) is 10.8 Å². The lowest BCUT2D eigenvalue weighted by atomic mass is 10.2. The Morgan fingerprint density at radius 3 is 2.58 bits per heavy atom. The Morgan fingerprint density at radius 2 is 1.79 bits per heavy atom. The van der Waals surface area contributed by atoms with Gasteiger partial charge in [-0.15, -0.1) is 10.2 Å². The van der Waals surface area contributed by atoms with E-state index in [0.29, 0.717) is 29.7 Å². The first-order chi connectivity index (χ1) is 16.2. The molecule has 0 aliphatic rings. The molecule has 4 aromatic rings. The van der Waals surface area contributed by atoms with Crippen LogP contribution < -0.4 is 9.47 Å². The van der Waals surface area contributed by atoms with E-state index in [1.54, 1.807) is 29.0 Å². The van der Waals surface area contributed by atoms with E-state index >= 15 is 0 Å². The Hall–Kier alpha value is -3.29. The molecule has 0 unspecified atom stereocenters. The number of hydrogen-bond acceptors (Lipinski definition) is 6. The van der Waals surface area contributed by atoms with Gasteiger partial charge in [0.05, 0.1) is 12.8 Å². The highest BCUT2D eigenvalue weighted by molar-refractivity contribution is 7.98. The number of benzene rings is 3. The van der Waals surface area contributed by atoms with Gasteiger partial charge >= 0.3 is 0 Å². The summed E-state index contributed by atoms with van der Waals surface area (Å²) >= 11 is 7.53. The number of ether oxygens (including phenoxy) is 2. The summed E-state index contributed by atoms with van der Waals surface area (Å²) in [6.07, 6.45) is 3.35. The van der Waals surface area contributed by atoms with E-state index in [9.17, 15) is 0 Å². The van der Waals surface area contributed by atoms with Gasteiger partial charge < -0.3 is 9.47 Å². The number of thioether (sulfide) groups is 1. The molecule has 0 fully saturated rings. The third-order valence-electron chi connectivity index (χ3n) is 4.62. The maximum Gasteiger partial charge on any atom is 0.212 e. The number of hydrogen-bond donors (Lipinski definition) is 0. The van der Waals surface area contributed by atoms with Crippen molar-refractivity contribution in [3.05, 3.63) is 101 Å². The molecule has 0 saturated heterocycles. The molecule has 6 nitrogen and oxygen atoms in total. The van der Waals surface area contributed by atoms with Crippen molar-refractivity contribution in [1.29, 1.82) is 0 Å². The summed E-state index contributed by atoms with van der Waals surface area (Å²) in [5.41, 5.74) is 3.13. The summed E-state index contributed by atoms with van der Waals surface area (Å²) in [4.78, 5) is 0. The predicted octanol–water partition coefficient (Wildman–Crippen LogP) is 6.08. The first kappa shape index (κ1) is 22.9. The SMILES string of the molecule is CCOc1cc(/C=N/n2cnnc2SCc2ccccc2)ccc1OCc1ccc(Cl)cc1. The van der Waals surface area contributed by atoms with Gasteiger partial charge in [-0.1, -0.05) is 65.8 Å². The van der Waals surface area contributed by atoms with Crippen LogP contribution in [-0.4, -0.2) is 27.7 Å². The van der Waals surface area contributed by atoms with Gasteiger partial charge in [-0.25, -0.2) is 0 Å². The predicted molar refractivity (Wildman–Crippen MR) is 132 cm³/mol. The molecule has 0 radical (unpaired) electrons. The highest BCUT2D eigenvalue weighted by atomic mass is 35.5. The van der Waals surface area contributed by atoms with Crippen molar-refractivity contribution in [3.8, 4) is 11.5 Å². The lowest BCUT2D eigenvalue weighted by molar-refractivity contribution is 0.269. The second-order valence-corrected chi connectivity index (χ2v) is 8.41. The number of rotatable bonds is 10. The molecule has 0 N–H and O–H groups in total. The van der Waals surface area contributed by atoms with Crippen molar-refractivity contribution in [2.75, 3.05) is 6.61 Å². The van der Waals surface area contributed by atoms with Crippen molar-refractivity contribution in [3.63, 3.8) is 0 Å². The van der Waals surface area contributed by atoms with Gasteiger partial charge in [0.2, 0.25) is 5.16 Å². The minimum Gasteiger partial charge on any atom is -0.490 e. The van der Waals surface area contributed by atoms with Crippen molar-refractivity contribution >= 4 is 29.6 Å². The van der Waals surface area contributed by atoms with E-state index < -0.39 is 0 Å². The van der Waals surface area contributed by atoms with E-state index in [-0.39, 0.29) is 0 Å². The summed E-state index contributed by atoms with van der Waals surface area (Å²) in [6, 6.07) is 23.5. The fourth-order valence-electron chi connectivity index (χ4n) is 2.98. The quantitative estimate of drug-likeness (QED) is 0.204. The Kier molecular flexibility index (Phi) is 8.00. The number of aromatic nitrogens is 3. The minimum absolute atomic E-state index is 0.424. The molecule has 1 heterocycles. The Bertz CT molecular complexity index is 1200. The minimum atomic E-state index is 0.424. The smallest absolute Gasteiger partial charge is 0.212 e. The molecule has 33 heavy (non-hydrogen) atoms. The van der Waals surface area contributed by atoms with Crippen LogP contribution in [-0.2, 0) is 12.4 Å². The first-order valence-corrected chi connectivity index (χ1v) is 11.8. The largest absolute Gasteiger partial charge is 0.490 e. The zero-order valence-electron chi connectivity index (χ0n) is 18.1. The molecule has 3 aromatic carbocycles. The van der Waals surface area contributed by atoms with Crippen molar-refractivity contribution < 1.29 is 9.47 Å². The summed E-state index contributed by atoms with van der Waals surface area (Å²) < 4.78 is 13.4. The summed E-state index contributed by atoms with van der Waals surface area (Å²) in [5.74, 6) is 2.13. The molecule has 1 aromatic heterocycles. The molecule has 8 heteroatoms. The average molecular weight is 479 g/mol. The van der Waals surface area contributed by atoms with E-state index in [0.717, 1.165) is 22.0 Å². The van der Waals surface area contributed by atoms with E-state index in [1.165, 1.54) is 5.56 Å². The van der Waals surface area contributed by atoms with Crippen LogP contribution in [0.4, 0.5) is 0 Å². The Balaban J connectivity index is 1.43. The third kappa shape index (κ3) is 6.60. The topological polar surface area (TPSA) is 61.5 Å². The molecule has 0 aliphatic carbocycles. The van der Waals surface area contributed by atoms with Crippen LogP contribution >= 0.6 is 23.4 Å². The lowest BCUT2D eigenvalue weighted by Crippen LogP contribution is -2.00. The second-order valence-electron chi connectivity index (χ2n) is 7.03. The molecule has 0 bridgehead atoms. The highest BCUT2D eigenvalue weighted by Crippen LogP contribution is 2.29. The fraction of sp³-hybridized carbons (Fsp3) is 0.160. The fourth-order valence-corrected chi connectivity index (χ4v) is 3.92. The molecule has 0 saturated carbocycles. The zero-order chi connectivity index (χ0) is 22.9. The molecule has 0 spiro atoms. The van der Waals surface area contributed by atoms with E-state index in [2.05, 4.69) is 27.4 Å². The Morgan fingerprint density at radius 1 is 0.970 bits per heavy atom. The average Bonchev–Trinajstić information content (AvgIpc) is 3.30.